The van der Waals surface area contributed by atoms with Crippen molar-refractivity contribution in [2.75, 3.05) is 0 Å². The molecule has 0 aliphatic rings. The Kier molecular flexibility index (Phi) is 415. The molecule has 0 N–H and O–H groups in total. The quantitative estimate of drug-likeness (QED) is 0.353. The smallest absolute Gasteiger partial charge is 1.00 e. The monoisotopic (exact) mass is 401 g/mol. The van der Waals surface area contributed by atoms with E-state index in [-0.39, 0.29) is 110 Å². The van der Waals surface area contributed by atoms with E-state index in [1.54, 1.807) is 0 Å². The Morgan fingerprint density at radius 1 is 0.500 bits per heavy atom. The minimum Gasteiger partial charge on any atom is -1.00 e. The molecule has 0 saturated heterocycles. The van der Waals surface area contributed by atoms with Gasteiger partial charge in [0.05, 0.1) is 0 Å². The van der Waals surface area contributed by atoms with Gasteiger partial charge in [-0.1, -0.05) is 0 Å². The van der Waals surface area contributed by atoms with Gasteiger partial charge in [0.2, 0.25) is 0 Å². The summed E-state index contributed by atoms with van der Waals surface area (Å²) >= 11 is 0. The van der Waals surface area contributed by atoms with Crippen molar-refractivity contribution in [3.8, 4) is 0 Å². The maximum Gasteiger partial charge on any atom is 6.00 e. The normalized spacial score (nSPS) is 0. The van der Waals surface area contributed by atoms with E-state index in [2.05, 4.69) is 0 Å². The standard InChI is InChI=1S/4ClH.Na.U/h4*1H;;/q;;;;+1;+6/p-4. The van der Waals surface area contributed by atoms with Crippen molar-refractivity contribution in [3.63, 3.8) is 0 Å². The molecule has 0 aromatic carbocycles. The van der Waals surface area contributed by atoms with Crippen molar-refractivity contribution in [1.29, 1.82) is 0 Å². The summed E-state index contributed by atoms with van der Waals surface area (Å²) in [5, 5.41) is 0. The van der Waals surface area contributed by atoms with Gasteiger partial charge >= 0.3 is 60.7 Å². The van der Waals surface area contributed by atoms with E-state index in [9.17, 15) is 0 Å². The van der Waals surface area contributed by atoms with Gasteiger partial charge < -0.3 is 49.6 Å². The third-order valence-corrected chi connectivity index (χ3v) is 0. The van der Waals surface area contributed by atoms with Crippen LogP contribution in [0.5, 0.6) is 0 Å². The van der Waals surface area contributed by atoms with Crippen molar-refractivity contribution >= 4 is 0 Å². The van der Waals surface area contributed by atoms with Crippen LogP contribution in [0.3, 0.4) is 0 Å². The first-order valence-corrected chi connectivity index (χ1v) is 0. The summed E-state index contributed by atoms with van der Waals surface area (Å²) in [6.45, 7) is 0. The van der Waals surface area contributed by atoms with Crippen LogP contribution < -0.4 is 79.2 Å². The summed E-state index contributed by atoms with van der Waals surface area (Å²) in [6, 6.07) is 0. The van der Waals surface area contributed by atoms with Gasteiger partial charge in [-0.15, -0.1) is 0 Å². The minimum absolute atomic E-state index is 0. The molecule has 0 aromatic heterocycles. The summed E-state index contributed by atoms with van der Waals surface area (Å²) in [4.78, 5) is 0. The first-order chi connectivity index (χ1) is 0. The zero-order valence-corrected chi connectivity index (χ0v) is 12.2. The van der Waals surface area contributed by atoms with Crippen molar-refractivity contribution < 1.29 is 110 Å². The molecular formula is Cl4NaU+3. The fourth-order valence-corrected chi connectivity index (χ4v) is 0. The molecule has 0 radical (unpaired) electrons. The van der Waals surface area contributed by atoms with Crippen LogP contribution in [0, 0.1) is 31.1 Å². The van der Waals surface area contributed by atoms with Crippen LogP contribution in [-0.2, 0) is 0 Å². The van der Waals surface area contributed by atoms with E-state index in [0.29, 0.717) is 0 Å². The predicted molar refractivity (Wildman–Crippen MR) is 0 cm³/mol. The van der Waals surface area contributed by atoms with Crippen LogP contribution in [-0.4, -0.2) is 0 Å². The molecule has 0 spiro atoms. The molecule has 0 heterocycles. The Morgan fingerprint density at radius 3 is 0.500 bits per heavy atom. The molecule has 0 saturated carbocycles. The zero-order valence-electron chi connectivity index (χ0n) is 3.01. The average molecular weight is 403 g/mol. The Balaban J connectivity index is 0. The maximum absolute atomic E-state index is 0. The van der Waals surface area contributed by atoms with Crippen LogP contribution in [0.4, 0.5) is 0 Å². The zero-order chi connectivity index (χ0) is 0. The number of rotatable bonds is 0. The van der Waals surface area contributed by atoms with E-state index < -0.39 is 0 Å². The van der Waals surface area contributed by atoms with Gasteiger partial charge in [0.15, 0.2) is 0 Å². The number of hydrogen-bond donors (Lipinski definition) is 0. The van der Waals surface area contributed by atoms with E-state index in [4.69, 9.17) is 0 Å². The molecule has 0 rings (SSSR count). The third kappa shape index (κ3) is 27.0. The average Bonchev–Trinajstić information content (AvgIpc) is 0. The van der Waals surface area contributed by atoms with Crippen molar-refractivity contribution in [2.45, 2.75) is 0 Å². The van der Waals surface area contributed by atoms with Crippen LogP contribution in [0.2, 0.25) is 0 Å². The van der Waals surface area contributed by atoms with Crippen molar-refractivity contribution in [1.82, 2.24) is 0 Å². The molecule has 30 valence electrons. The second-order valence-corrected chi connectivity index (χ2v) is 0. The summed E-state index contributed by atoms with van der Waals surface area (Å²) in [7, 11) is 0. The Labute approximate surface area is 108 Å². The van der Waals surface area contributed by atoms with Gasteiger partial charge in [0.1, 0.15) is 0 Å². The van der Waals surface area contributed by atoms with E-state index in [1.165, 1.54) is 0 Å². The molecule has 6 heavy (non-hydrogen) atoms. The van der Waals surface area contributed by atoms with Gasteiger partial charge in [-0.3, -0.25) is 0 Å². The van der Waals surface area contributed by atoms with Crippen LogP contribution in [0.25, 0.3) is 0 Å². The second-order valence-electron chi connectivity index (χ2n) is 0. The van der Waals surface area contributed by atoms with Crippen LogP contribution >= 0.6 is 0 Å². The van der Waals surface area contributed by atoms with E-state index in [1.807, 2.05) is 0 Å². The SMILES string of the molecule is [Cl-].[Cl-].[Cl-].[Cl-].[Na+].[U+6]. The Hall–Kier alpha value is 3.21. The van der Waals surface area contributed by atoms with E-state index >= 15 is 0 Å². The van der Waals surface area contributed by atoms with Crippen LogP contribution in [0.1, 0.15) is 0 Å². The predicted octanol–water partition coefficient (Wildman–Crippen LogP) is -15.0. The summed E-state index contributed by atoms with van der Waals surface area (Å²) in [5.41, 5.74) is 0. The second kappa shape index (κ2) is 41.4. The topological polar surface area (TPSA) is 0 Å². The Morgan fingerprint density at radius 2 is 0.500 bits per heavy atom. The number of halogens is 4. The van der Waals surface area contributed by atoms with Crippen molar-refractivity contribution in [3.05, 3.63) is 0 Å². The fourth-order valence-electron chi connectivity index (χ4n) is 0. The van der Waals surface area contributed by atoms with Gasteiger partial charge in [0, 0.05) is 0 Å². The third-order valence-electron chi connectivity index (χ3n) is 0. The number of hydrogen-bond acceptors (Lipinski definition) is 0. The molecule has 0 aliphatic heterocycles. The van der Waals surface area contributed by atoms with Gasteiger partial charge in [-0.2, -0.15) is 0 Å². The summed E-state index contributed by atoms with van der Waals surface area (Å²) < 4.78 is 0. The van der Waals surface area contributed by atoms with Crippen molar-refractivity contribution in [2.24, 2.45) is 0 Å². The summed E-state index contributed by atoms with van der Waals surface area (Å²) in [5.74, 6) is 0. The molecule has 0 bridgehead atoms. The Bertz CT molecular complexity index is 7.51. The molecule has 0 unspecified atom stereocenters. The molecule has 0 amide bonds. The first-order valence-electron chi connectivity index (χ1n) is 0. The molecule has 0 aliphatic carbocycles. The van der Waals surface area contributed by atoms with Gasteiger partial charge in [-0.05, 0) is 0 Å². The van der Waals surface area contributed by atoms with Gasteiger partial charge in [-0.25, -0.2) is 0 Å². The van der Waals surface area contributed by atoms with Crippen LogP contribution in [0.15, 0.2) is 0 Å². The maximum atomic E-state index is 0. The minimum atomic E-state index is 0. The largest absolute Gasteiger partial charge is 6.00 e. The summed E-state index contributed by atoms with van der Waals surface area (Å²) in [6.07, 6.45) is 0. The first kappa shape index (κ1) is 60.2. The molecule has 0 fully saturated rings. The molecule has 6 heteroatoms. The molecule has 0 atom stereocenters. The molecular weight excluding hydrogens is 403 g/mol. The molecule has 0 aromatic rings. The molecule has 0 nitrogen and oxygen atoms in total. The fraction of sp³-hybridized carbons (Fsp3) is 0. The van der Waals surface area contributed by atoms with Gasteiger partial charge in [0.25, 0.3) is 0 Å². The van der Waals surface area contributed by atoms with E-state index in [0.717, 1.165) is 0 Å².